The maximum atomic E-state index is 12.2. The smallest absolute Gasteiger partial charge is 0.308 e. The topological polar surface area (TPSA) is 156 Å². The van der Waals surface area contributed by atoms with Crippen molar-refractivity contribution < 1.29 is 24.5 Å². The molecular weight excluding hydrogens is 390 g/mol. The summed E-state index contributed by atoms with van der Waals surface area (Å²) in [5.74, 6) is -0.374. The minimum absolute atomic E-state index is 0.148. The van der Waals surface area contributed by atoms with Gasteiger partial charge in [0.05, 0.1) is 5.69 Å². The number of rotatable bonds is 9. The van der Waals surface area contributed by atoms with Crippen molar-refractivity contribution in [2.24, 2.45) is 0 Å². The van der Waals surface area contributed by atoms with E-state index < -0.39 is 30.1 Å². The van der Waals surface area contributed by atoms with Crippen LogP contribution in [0.5, 0.6) is 0 Å². The van der Waals surface area contributed by atoms with E-state index in [2.05, 4.69) is 17.0 Å². The third-order valence-corrected chi connectivity index (χ3v) is 5.33. The Bertz CT molecular complexity index is 926. The van der Waals surface area contributed by atoms with E-state index in [0.29, 0.717) is 11.9 Å². The number of aliphatic hydroxyl groups is 2. The lowest BCUT2D eigenvalue weighted by atomic mass is 9.93. The van der Waals surface area contributed by atoms with Gasteiger partial charge in [-0.05, 0) is 18.6 Å². The molecule has 1 aliphatic rings. The standard InChI is InChI=1S/C20H27N5O5/c1-2-3-4-5-6-7-8-15(26)29-19-16(27)17(28)20(11-21,30-19)14-10-9-13-18(22)23-12-24-25(13)14/h9-10,12,16-17,19,27-28H,2-8H2,1H3,(H2,22,23,24)/t16-,17+,19-,20-/m0/s1. The largest absolute Gasteiger partial charge is 0.433 e. The van der Waals surface area contributed by atoms with Gasteiger partial charge in [0.1, 0.15) is 30.1 Å². The number of carbonyl (C=O) groups is 1. The second-order valence-corrected chi connectivity index (χ2v) is 7.44. The summed E-state index contributed by atoms with van der Waals surface area (Å²) in [5.41, 5.74) is 4.39. The fourth-order valence-corrected chi connectivity index (χ4v) is 3.64. The minimum atomic E-state index is -1.99. The van der Waals surface area contributed by atoms with Crippen LogP contribution in [0.2, 0.25) is 0 Å². The summed E-state index contributed by atoms with van der Waals surface area (Å²) in [5, 5.41) is 34.9. The van der Waals surface area contributed by atoms with Gasteiger partial charge in [-0.1, -0.05) is 39.0 Å². The van der Waals surface area contributed by atoms with Crippen LogP contribution in [-0.4, -0.2) is 49.3 Å². The summed E-state index contributed by atoms with van der Waals surface area (Å²) in [6.07, 6.45) is 2.71. The molecule has 2 aromatic rings. The minimum Gasteiger partial charge on any atom is -0.433 e. The lowest BCUT2D eigenvalue weighted by Gasteiger charge is -2.23. The molecule has 1 fully saturated rings. The number of nitriles is 1. The van der Waals surface area contributed by atoms with Gasteiger partial charge < -0.3 is 25.4 Å². The number of anilines is 1. The van der Waals surface area contributed by atoms with E-state index in [4.69, 9.17) is 15.2 Å². The maximum absolute atomic E-state index is 12.2. The van der Waals surface area contributed by atoms with Crippen molar-refractivity contribution in [3.63, 3.8) is 0 Å². The number of hydrogen-bond acceptors (Lipinski definition) is 9. The predicted octanol–water partition coefficient (Wildman–Crippen LogP) is 1.40. The van der Waals surface area contributed by atoms with Crippen molar-refractivity contribution in [1.82, 2.24) is 14.6 Å². The third kappa shape index (κ3) is 4.09. The highest BCUT2D eigenvalue weighted by atomic mass is 16.7. The first-order valence-electron chi connectivity index (χ1n) is 10.2. The van der Waals surface area contributed by atoms with Crippen LogP contribution in [0.4, 0.5) is 5.82 Å². The molecule has 3 heterocycles. The Balaban J connectivity index is 1.69. The molecule has 10 nitrogen and oxygen atoms in total. The van der Waals surface area contributed by atoms with Crippen molar-refractivity contribution in [3.05, 3.63) is 24.2 Å². The number of nitrogen functional groups attached to an aromatic ring is 1. The average Bonchev–Trinajstić information content (AvgIpc) is 3.27. The Labute approximate surface area is 174 Å². The van der Waals surface area contributed by atoms with E-state index >= 15 is 0 Å². The summed E-state index contributed by atoms with van der Waals surface area (Å²) in [6, 6.07) is 4.97. The van der Waals surface area contributed by atoms with Gasteiger partial charge in [0.15, 0.2) is 5.82 Å². The third-order valence-electron chi connectivity index (χ3n) is 5.33. The van der Waals surface area contributed by atoms with E-state index in [9.17, 15) is 20.3 Å². The zero-order chi connectivity index (χ0) is 21.7. The molecule has 0 bridgehead atoms. The second kappa shape index (κ2) is 9.38. The normalized spacial score (nSPS) is 26.0. The lowest BCUT2D eigenvalue weighted by Crippen LogP contribution is -2.41. The number of ether oxygens (including phenoxy) is 2. The quantitative estimate of drug-likeness (QED) is 0.405. The van der Waals surface area contributed by atoms with Crippen LogP contribution in [0.3, 0.4) is 0 Å². The van der Waals surface area contributed by atoms with Gasteiger partial charge in [-0.15, -0.1) is 0 Å². The number of nitrogens with two attached hydrogens (primary N) is 1. The van der Waals surface area contributed by atoms with E-state index in [1.165, 1.54) is 23.3 Å². The number of fused-ring (bicyclic) bond motifs is 1. The number of aliphatic hydroxyl groups excluding tert-OH is 2. The number of unbranched alkanes of at least 4 members (excludes halogenated alkanes) is 5. The maximum Gasteiger partial charge on any atom is 0.308 e. The lowest BCUT2D eigenvalue weighted by molar-refractivity contribution is -0.196. The fraction of sp³-hybridized carbons (Fsp3) is 0.600. The van der Waals surface area contributed by atoms with Crippen molar-refractivity contribution in [3.8, 4) is 6.07 Å². The number of aromatic nitrogens is 3. The molecule has 0 saturated carbocycles. The molecule has 4 atom stereocenters. The molecule has 10 heteroatoms. The number of nitrogens with zero attached hydrogens (tertiary/aromatic N) is 4. The van der Waals surface area contributed by atoms with E-state index in [-0.39, 0.29) is 17.9 Å². The van der Waals surface area contributed by atoms with Gasteiger partial charge in [0.2, 0.25) is 11.9 Å². The van der Waals surface area contributed by atoms with Gasteiger partial charge in [0, 0.05) is 6.42 Å². The monoisotopic (exact) mass is 417 g/mol. The molecule has 0 aromatic carbocycles. The van der Waals surface area contributed by atoms with Crippen molar-refractivity contribution in [2.45, 2.75) is 76.0 Å². The molecule has 3 rings (SSSR count). The van der Waals surface area contributed by atoms with Crippen LogP contribution < -0.4 is 5.73 Å². The number of hydrogen-bond donors (Lipinski definition) is 3. The van der Waals surface area contributed by atoms with E-state index in [1.807, 2.05) is 6.07 Å². The molecule has 1 saturated heterocycles. The molecule has 2 aromatic heterocycles. The van der Waals surface area contributed by atoms with Gasteiger partial charge in [-0.2, -0.15) is 10.4 Å². The van der Waals surface area contributed by atoms with Crippen LogP contribution >= 0.6 is 0 Å². The number of carbonyl (C=O) groups excluding carboxylic acids is 1. The Kier molecular flexibility index (Phi) is 6.87. The van der Waals surface area contributed by atoms with Crippen molar-refractivity contribution >= 4 is 17.3 Å². The van der Waals surface area contributed by atoms with Gasteiger partial charge in [0.25, 0.3) is 0 Å². The van der Waals surface area contributed by atoms with Gasteiger partial charge >= 0.3 is 5.97 Å². The summed E-state index contributed by atoms with van der Waals surface area (Å²) >= 11 is 0. The van der Waals surface area contributed by atoms with E-state index in [0.717, 1.165) is 25.7 Å². The molecule has 1 aliphatic heterocycles. The Morgan fingerprint density at radius 1 is 1.33 bits per heavy atom. The molecule has 0 spiro atoms. The zero-order valence-corrected chi connectivity index (χ0v) is 16.9. The van der Waals surface area contributed by atoms with Crippen LogP contribution in [0, 0.1) is 11.3 Å². The molecule has 0 radical (unpaired) electrons. The highest BCUT2D eigenvalue weighted by molar-refractivity contribution is 5.69. The molecule has 30 heavy (non-hydrogen) atoms. The Morgan fingerprint density at radius 2 is 2.07 bits per heavy atom. The molecular formula is C20H27N5O5. The average molecular weight is 417 g/mol. The number of esters is 1. The van der Waals surface area contributed by atoms with Crippen LogP contribution in [-0.2, 0) is 19.9 Å². The Hall–Kier alpha value is -2.74. The summed E-state index contributed by atoms with van der Waals surface area (Å²) in [7, 11) is 0. The molecule has 0 unspecified atom stereocenters. The SMILES string of the molecule is CCCCCCCCC(=O)O[C@H]1O[C@@](C#N)(c2ccc3c(N)ncnn23)[C@H](O)[C@@H]1O. The van der Waals surface area contributed by atoms with E-state index in [1.54, 1.807) is 6.07 Å². The van der Waals surface area contributed by atoms with Gasteiger partial charge in [-0.25, -0.2) is 9.50 Å². The first-order chi connectivity index (χ1) is 14.4. The summed E-state index contributed by atoms with van der Waals surface area (Å²) in [4.78, 5) is 16.0. The van der Waals surface area contributed by atoms with Gasteiger partial charge in [-0.3, -0.25) is 4.79 Å². The fourth-order valence-electron chi connectivity index (χ4n) is 3.64. The molecule has 0 amide bonds. The molecule has 4 N–H and O–H groups in total. The van der Waals surface area contributed by atoms with Crippen LogP contribution in [0.15, 0.2) is 18.5 Å². The van der Waals surface area contributed by atoms with Crippen LogP contribution in [0.25, 0.3) is 5.52 Å². The highest BCUT2D eigenvalue weighted by Crippen LogP contribution is 2.40. The van der Waals surface area contributed by atoms with Crippen molar-refractivity contribution in [1.29, 1.82) is 5.26 Å². The summed E-state index contributed by atoms with van der Waals surface area (Å²) in [6.45, 7) is 2.14. The summed E-state index contributed by atoms with van der Waals surface area (Å²) < 4.78 is 12.2. The zero-order valence-electron chi connectivity index (χ0n) is 16.9. The second-order valence-electron chi connectivity index (χ2n) is 7.44. The first kappa shape index (κ1) is 22.0. The molecule has 162 valence electrons. The molecule has 0 aliphatic carbocycles. The first-order valence-corrected chi connectivity index (χ1v) is 10.2. The highest BCUT2D eigenvalue weighted by Gasteiger charge is 2.59. The van der Waals surface area contributed by atoms with Crippen molar-refractivity contribution in [2.75, 3.05) is 5.73 Å². The predicted molar refractivity (Wildman–Crippen MR) is 106 cm³/mol. The Morgan fingerprint density at radius 3 is 2.80 bits per heavy atom. The van der Waals surface area contributed by atoms with Crippen LogP contribution in [0.1, 0.15) is 57.6 Å².